The van der Waals surface area contributed by atoms with Crippen molar-refractivity contribution in [1.82, 2.24) is 25.6 Å². The summed E-state index contributed by atoms with van der Waals surface area (Å²) in [4.78, 5) is 36.5. The number of halogens is 8. The first-order valence-electron chi connectivity index (χ1n) is 14.6. The molecule has 2 aliphatic rings. The fourth-order valence-corrected chi connectivity index (χ4v) is 5.53. The minimum Gasteiger partial charge on any atom is -0.471 e. The van der Waals surface area contributed by atoms with Crippen LogP contribution in [-0.2, 0) is 23.9 Å². The van der Waals surface area contributed by atoms with Crippen molar-refractivity contribution in [2.24, 2.45) is 11.3 Å². The van der Waals surface area contributed by atoms with Crippen LogP contribution in [0.15, 0.2) is 24.3 Å². The molecule has 0 atom stereocenters. The van der Waals surface area contributed by atoms with Gasteiger partial charge in [0.25, 0.3) is 12.3 Å². The molecule has 2 aliphatic carbocycles. The molecule has 0 radical (unpaired) electrons. The van der Waals surface area contributed by atoms with E-state index in [1.165, 1.54) is 18.2 Å². The highest BCUT2D eigenvalue weighted by atomic mass is 19.4. The molecule has 3 N–H and O–H groups in total. The number of hydrogen-bond acceptors (Lipinski definition) is 6. The van der Waals surface area contributed by atoms with Crippen LogP contribution in [0.1, 0.15) is 71.4 Å². The van der Waals surface area contributed by atoms with E-state index < -0.39 is 72.4 Å². The van der Waals surface area contributed by atoms with Gasteiger partial charge in [-0.15, -0.1) is 0 Å². The fraction of sp³-hybridized carbons (Fsp3) is 0.500. The SMILES string of the molecule is N#CC1(C(=O)NCc2ccc(C(F)(F)F)c(Cc3nc4nc(OCC(F)F)c(C(=O)NC5CCC(C(F)(F)F)CC5)cc4[nH]3)c2)CC1. The van der Waals surface area contributed by atoms with Gasteiger partial charge < -0.3 is 20.4 Å². The average Bonchev–Trinajstić information content (AvgIpc) is 3.71. The number of benzene rings is 1. The molecular weight excluding hydrogens is 644 g/mol. The Bertz CT molecular complexity index is 1690. The maximum atomic E-state index is 13.9. The standard InChI is InChI=1S/C30H28F8N6O3/c31-22(32)13-47-26-19(25(45)41-18-4-2-17(3-5-18)29(33,34)35)11-21-24(44-26)43-23(42-21)10-16-9-15(1-6-20(16)30(36,37)38)12-40-27(46)28(14-39)7-8-28/h1,6,9,11,17-18,22H,2-5,7-8,10,12-13H2,(H,40,46)(H,41,45)(H,42,43,44). The molecule has 1 aromatic carbocycles. The Morgan fingerprint density at radius 2 is 1.77 bits per heavy atom. The first-order chi connectivity index (χ1) is 22.1. The van der Waals surface area contributed by atoms with Gasteiger partial charge in [-0.05, 0) is 61.8 Å². The van der Waals surface area contributed by atoms with Crippen LogP contribution in [0.25, 0.3) is 11.2 Å². The normalized spacial score (nSPS) is 19.3. The number of aromatic amines is 1. The number of H-pyrrole nitrogens is 1. The largest absolute Gasteiger partial charge is 0.471 e. The molecule has 0 unspecified atom stereocenters. The van der Waals surface area contributed by atoms with Gasteiger partial charge in [0.15, 0.2) is 12.3 Å². The monoisotopic (exact) mass is 672 g/mol. The first kappa shape index (κ1) is 33.9. The molecule has 252 valence electrons. The summed E-state index contributed by atoms with van der Waals surface area (Å²) in [6.45, 7) is -1.27. The van der Waals surface area contributed by atoms with Crippen LogP contribution < -0.4 is 15.4 Å². The Kier molecular flexibility index (Phi) is 9.33. The van der Waals surface area contributed by atoms with E-state index in [1.54, 1.807) is 0 Å². The van der Waals surface area contributed by atoms with Crippen LogP contribution in [-0.4, -0.2) is 52.0 Å². The topological polar surface area (TPSA) is 133 Å². The second-order valence-electron chi connectivity index (χ2n) is 11.7. The number of hydrogen-bond donors (Lipinski definition) is 3. The molecule has 2 aromatic heterocycles. The molecular formula is C30H28F8N6O3. The predicted octanol–water partition coefficient (Wildman–Crippen LogP) is 5.98. The van der Waals surface area contributed by atoms with Crippen LogP contribution in [0.4, 0.5) is 35.1 Å². The van der Waals surface area contributed by atoms with Gasteiger partial charge in [0.2, 0.25) is 11.8 Å². The van der Waals surface area contributed by atoms with Gasteiger partial charge in [0.1, 0.15) is 16.8 Å². The zero-order valence-electron chi connectivity index (χ0n) is 24.5. The minimum absolute atomic E-state index is 0.0246. The summed E-state index contributed by atoms with van der Waals surface area (Å²) in [5, 5.41) is 14.4. The summed E-state index contributed by atoms with van der Waals surface area (Å²) in [6.07, 6.45) is -12.0. The molecule has 2 fully saturated rings. The number of fused-ring (bicyclic) bond motifs is 1. The minimum atomic E-state index is -4.75. The van der Waals surface area contributed by atoms with Crippen molar-refractivity contribution < 1.29 is 49.4 Å². The predicted molar refractivity (Wildman–Crippen MR) is 148 cm³/mol. The molecule has 0 aliphatic heterocycles. The molecule has 3 aromatic rings. The number of alkyl halides is 8. The lowest BCUT2D eigenvalue weighted by Crippen LogP contribution is -2.40. The van der Waals surface area contributed by atoms with Crippen molar-refractivity contribution in [2.75, 3.05) is 6.61 Å². The number of ether oxygens (including phenoxy) is 1. The van der Waals surface area contributed by atoms with E-state index in [4.69, 9.17) is 4.74 Å². The number of rotatable bonds is 10. The number of nitriles is 1. The van der Waals surface area contributed by atoms with E-state index in [0.717, 1.165) is 6.07 Å². The number of carbonyl (C=O) groups is 2. The van der Waals surface area contributed by atoms with Gasteiger partial charge >= 0.3 is 12.4 Å². The summed E-state index contributed by atoms with van der Waals surface area (Å²) in [5.41, 5.74) is -2.37. The van der Waals surface area contributed by atoms with E-state index in [9.17, 15) is 50.0 Å². The van der Waals surface area contributed by atoms with E-state index in [1.807, 2.05) is 6.07 Å². The Morgan fingerprint density at radius 1 is 1.06 bits per heavy atom. The van der Waals surface area contributed by atoms with Crippen molar-refractivity contribution in [3.05, 3.63) is 52.3 Å². The number of imidazole rings is 1. The molecule has 5 rings (SSSR count). The lowest BCUT2D eigenvalue weighted by molar-refractivity contribution is -0.182. The van der Waals surface area contributed by atoms with Crippen LogP contribution in [0.3, 0.4) is 0 Å². The Hall–Kier alpha value is -4.49. The maximum Gasteiger partial charge on any atom is 0.416 e. The van der Waals surface area contributed by atoms with Crippen LogP contribution in [0.5, 0.6) is 5.88 Å². The van der Waals surface area contributed by atoms with Crippen LogP contribution in [0, 0.1) is 22.7 Å². The van der Waals surface area contributed by atoms with E-state index in [-0.39, 0.29) is 60.3 Å². The third kappa shape index (κ3) is 7.91. The molecule has 2 heterocycles. The third-order valence-electron chi connectivity index (χ3n) is 8.29. The maximum absolute atomic E-state index is 13.9. The fourth-order valence-electron chi connectivity index (χ4n) is 5.53. The smallest absolute Gasteiger partial charge is 0.416 e. The number of nitrogens with zero attached hydrogens (tertiary/aromatic N) is 3. The first-order valence-corrected chi connectivity index (χ1v) is 14.6. The number of aromatic nitrogens is 3. The van der Waals surface area contributed by atoms with Crippen molar-refractivity contribution in [2.45, 2.75) is 76.3 Å². The van der Waals surface area contributed by atoms with Crippen LogP contribution >= 0.6 is 0 Å². The second-order valence-corrected chi connectivity index (χ2v) is 11.7. The van der Waals surface area contributed by atoms with Crippen LogP contribution in [0.2, 0.25) is 0 Å². The molecule has 17 heteroatoms. The third-order valence-corrected chi connectivity index (χ3v) is 8.29. The quantitative estimate of drug-likeness (QED) is 0.227. The van der Waals surface area contributed by atoms with Gasteiger partial charge in [-0.1, -0.05) is 12.1 Å². The molecule has 2 saturated carbocycles. The average molecular weight is 673 g/mol. The molecule has 0 spiro atoms. The van der Waals surface area contributed by atoms with Gasteiger partial charge in [-0.25, -0.2) is 13.8 Å². The number of nitrogens with one attached hydrogen (secondary N) is 3. The number of carbonyl (C=O) groups excluding carboxylic acids is 2. The summed E-state index contributed by atoms with van der Waals surface area (Å²) >= 11 is 0. The number of amides is 2. The van der Waals surface area contributed by atoms with Gasteiger partial charge in [0.05, 0.1) is 23.1 Å². The van der Waals surface area contributed by atoms with Crippen molar-refractivity contribution in [3.63, 3.8) is 0 Å². The van der Waals surface area contributed by atoms with Gasteiger partial charge in [0, 0.05) is 19.0 Å². The summed E-state index contributed by atoms with van der Waals surface area (Å²) < 4.78 is 112. The number of pyridine rings is 1. The Balaban J connectivity index is 1.38. The highest BCUT2D eigenvalue weighted by Gasteiger charge is 2.50. The van der Waals surface area contributed by atoms with Crippen molar-refractivity contribution in [3.8, 4) is 11.9 Å². The summed E-state index contributed by atoms with van der Waals surface area (Å²) in [6, 6.07) is 5.79. The molecule has 2 amide bonds. The highest BCUT2D eigenvalue weighted by molar-refractivity contribution is 5.99. The van der Waals surface area contributed by atoms with Crippen molar-refractivity contribution >= 4 is 23.0 Å². The lowest BCUT2D eigenvalue weighted by Gasteiger charge is -2.30. The van der Waals surface area contributed by atoms with E-state index in [2.05, 4.69) is 25.6 Å². The highest BCUT2D eigenvalue weighted by Crippen LogP contribution is 2.45. The van der Waals surface area contributed by atoms with E-state index in [0.29, 0.717) is 18.4 Å². The Labute approximate surface area is 262 Å². The molecule has 0 bridgehead atoms. The zero-order valence-corrected chi connectivity index (χ0v) is 24.5. The lowest BCUT2D eigenvalue weighted by atomic mass is 9.85. The molecule has 9 nitrogen and oxygen atoms in total. The zero-order chi connectivity index (χ0) is 34.1. The Morgan fingerprint density at radius 3 is 2.36 bits per heavy atom. The van der Waals surface area contributed by atoms with Gasteiger partial charge in [-0.2, -0.15) is 36.6 Å². The summed E-state index contributed by atoms with van der Waals surface area (Å²) in [7, 11) is 0. The summed E-state index contributed by atoms with van der Waals surface area (Å²) in [5.74, 6) is -3.39. The van der Waals surface area contributed by atoms with E-state index >= 15 is 0 Å². The molecule has 0 saturated heterocycles. The molecule has 47 heavy (non-hydrogen) atoms. The second kappa shape index (κ2) is 13.0. The van der Waals surface area contributed by atoms with Crippen molar-refractivity contribution in [1.29, 1.82) is 5.26 Å². The van der Waals surface area contributed by atoms with Gasteiger partial charge in [-0.3, -0.25) is 9.59 Å².